The molecular weight excluding hydrogens is 552 g/mol. The van der Waals surface area contributed by atoms with Crippen LogP contribution in [0.2, 0.25) is 0 Å². The summed E-state index contributed by atoms with van der Waals surface area (Å²) in [5.74, 6) is 0.453. The minimum atomic E-state index is -0.121. The molecule has 0 radical (unpaired) electrons. The number of benzene rings is 2. The van der Waals surface area contributed by atoms with Gasteiger partial charge >= 0.3 is 6.03 Å². The maximum atomic E-state index is 13.7. The van der Waals surface area contributed by atoms with E-state index in [1.165, 1.54) is 12.5 Å². The van der Waals surface area contributed by atoms with Crippen LogP contribution >= 0.6 is 0 Å². The van der Waals surface area contributed by atoms with Crippen LogP contribution in [-0.4, -0.2) is 47.8 Å². The van der Waals surface area contributed by atoms with Crippen LogP contribution in [0.4, 0.5) is 16.4 Å². The van der Waals surface area contributed by atoms with Crippen LogP contribution in [0.15, 0.2) is 91.9 Å². The van der Waals surface area contributed by atoms with E-state index in [0.717, 1.165) is 48.1 Å². The molecule has 1 aliphatic rings. The third-order valence-corrected chi connectivity index (χ3v) is 7.83. The number of anilines is 2. The number of carbonyl (C=O) groups excluding carboxylic acids is 1. The van der Waals surface area contributed by atoms with Crippen molar-refractivity contribution in [3.05, 3.63) is 103 Å². The lowest BCUT2D eigenvalue weighted by Crippen LogP contribution is -2.48. The molecular formula is C33H32N10O. The van der Waals surface area contributed by atoms with Gasteiger partial charge in [0.2, 0.25) is 5.95 Å². The van der Waals surface area contributed by atoms with Crippen LogP contribution in [0.5, 0.6) is 0 Å². The normalized spacial score (nSPS) is 16.1. The fraction of sp³-hybridized carbons (Fsp3) is 0.242. The first kappa shape index (κ1) is 28.5. The SMILES string of the molecule is Cn1cc(-c2ccc(N(C(=O)NCc3ccccc3)[C@H]3CC[C@H](Nc4ncc(C#N)c(-c5cncnc5)n4)CC3)cc2)cn1. The highest BCUT2D eigenvalue weighted by Gasteiger charge is 2.30. The fourth-order valence-corrected chi connectivity index (χ4v) is 5.57. The van der Waals surface area contributed by atoms with Crippen LogP contribution in [-0.2, 0) is 13.6 Å². The van der Waals surface area contributed by atoms with E-state index in [9.17, 15) is 10.1 Å². The second kappa shape index (κ2) is 13.1. The average molecular weight is 585 g/mol. The Bertz CT molecular complexity index is 1740. The zero-order chi connectivity index (χ0) is 30.3. The van der Waals surface area contributed by atoms with Gasteiger partial charge in [-0.2, -0.15) is 10.4 Å². The number of nitrogens with one attached hydrogen (secondary N) is 2. The number of rotatable bonds is 8. The van der Waals surface area contributed by atoms with E-state index in [0.29, 0.717) is 29.3 Å². The van der Waals surface area contributed by atoms with Gasteiger partial charge in [-0.1, -0.05) is 42.5 Å². The smallest absolute Gasteiger partial charge is 0.322 e. The van der Waals surface area contributed by atoms with Crippen molar-refractivity contribution < 1.29 is 4.79 Å². The fourth-order valence-electron chi connectivity index (χ4n) is 5.57. The molecule has 1 fully saturated rings. The van der Waals surface area contributed by atoms with E-state index in [1.807, 2.05) is 78.9 Å². The molecule has 3 heterocycles. The molecule has 0 spiro atoms. The molecule has 0 bridgehead atoms. The van der Waals surface area contributed by atoms with Gasteiger partial charge < -0.3 is 10.6 Å². The number of aryl methyl sites for hydroxylation is 1. The Morgan fingerprint density at radius 2 is 1.70 bits per heavy atom. The minimum Gasteiger partial charge on any atom is -0.351 e. The molecule has 0 saturated heterocycles. The summed E-state index contributed by atoms with van der Waals surface area (Å²) in [5.41, 5.74) is 5.48. The van der Waals surface area contributed by atoms with Gasteiger partial charge in [0.15, 0.2) is 0 Å². The van der Waals surface area contributed by atoms with Gasteiger partial charge in [0.05, 0.1) is 23.7 Å². The van der Waals surface area contributed by atoms with Gasteiger partial charge in [-0.05, 0) is 48.9 Å². The monoisotopic (exact) mass is 584 g/mol. The van der Waals surface area contributed by atoms with Crippen molar-refractivity contribution in [1.82, 2.24) is 35.0 Å². The molecule has 2 amide bonds. The highest BCUT2D eigenvalue weighted by molar-refractivity contribution is 5.93. The molecule has 2 aromatic carbocycles. The van der Waals surface area contributed by atoms with E-state index in [2.05, 4.69) is 41.7 Å². The van der Waals surface area contributed by atoms with Crippen molar-refractivity contribution in [3.63, 3.8) is 0 Å². The number of nitriles is 1. The minimum absolute atomic E-state index is 0.0203. The Morgan fingerprint density at radius 1 is 0.955 bits per heavy atom. The zero-order valence-corrected chi connectivity index (χ0v) is 24.3. The molecule has 1 saturated carbocycles. The van der Waals surface area contributed by atoms with Gasteiger partial charge in [0.25, 0.3) is 0 Å². The molecule has 2 N–H and O–H groups in total. The van der Waals surface area contributed by atoms with Crippen LogP contribution in [0.25, 0.3) is 22.4 Å². The number of amides is 2. The Morgan fingerprint density at radius 3 is 2.39 bits per heavy atom. The van der Waals surface area contributed by atoms with Crippen LogP contribution in [0.1, 0.15) is 36.8 Å². The summed E-state index contributed by atoms with van der Waals surface area (Å²) >= 11 is 0. The van der Waals surface area contributed by atoms with Gasteiger partial charge in [-0.3, -0.25) is 9.58 Å². The molecule has 0 unspecified atom stereocenters. The van der Waals surface area contributed by atoms with E-state index in [1.54, 1.807) is 17.1 Å². The predicted molar refractivity (Wildman–Crippen MR) is 167 cm³/mol. The molecule has 11 nitrogen and oxygen atoms in total. The molecule has 220 valence electrons. The largest absolute Gasteiger partial charge is 0.351 e. The van der Waals surface area contributed by atoms with Crippen molar-refractivity contribution in [1.29, 1.82) is 5.26 Å². The highest BCUT2D eigenvalue weighted by Crippen LogP contribution is 2.31. The number of hydrogen-bond acceptors (Lipinski definition) is 8. The van der Waals surface area contributed by atoms with Crippen LogP contribution in [0.3, 0.4) is 0 Å². The van der Waals surface area contributed by atoms with Crippen molar-refractivity contribution in [2.75, 3.05) is 10.2 Å². The molecule has 44 heavy (non-hydrogen) atoms. The number of nitrogens with zero attached hydrogens (tertiary/aromatic N) is 8. The van der Waals surface area contributed by atoms with Gasteiger partial charge in [-0.25, -0.2) is 24.7 Å². The summed E-state index contributed by atoms with van der Waals surface area (Å²) in [4.78, 5) is 32.7. The number of carbonyl (C=O) groups is 1. The lowest BCUT2D eigenvalue weighted by molar-refractivity contribution is 0.240. The zero-order valence-electron chi connectivity index (χ0n) is 24.3. The first-order valence-corrected chi connectivity index (χ1v) is 14.6. The van der Waals surface area contributed by atoms with Gasteiger partial charge in [0, 0.05) is 61.1 Å². The summed E-state index contributed by atoms with van der Waals surface area (Å²) < 4.78 is 1.78. The van der Waals surface area contributed by atoms with Crippen LogP contribution < -0.4 is 15.5 Å². The molecule has 11 heteroatoms. The Kier molecular flexibility index (Phi) is 8.50. The third-order valence-electron chi connectivity index (χ3n) is 7.83. The second-order valence-corrected chi connectivity index (χ2v) is 10.8. The average Bonchev–Trinajstić information content (AvgIpc) is 3.52. The summed E-state index contributed by atoms with van der Waals surface area (Å²) in [7, 11) is 1.90. The third kappa shape index (κ3) is 6.55. The topological polar surface area (TPSA) is 138 Å². The second-order valence-electron chi connectivity index (χ2n) is 10.8. The van der Waals surface area contributed by atoms with Crippen molar-refractivity contribution in [2.45, 2.75) is 44.3 Å². The van der Waals surface area contributed by atoms with E-state index in [-0.39, 0.29) is 18.1 Å². The highest BCUT2D eigenvalue weighted by atomic mass is 16.2. The quantitative estimate of drug-likeness (QED) is 0.249. The Hall–Kier alpha value is -5.63. The predicted octanol–water partition coefficient (Wildman–Crippen LogP) is 5.35. The molecule has 5 aromatic rings. The molecule has 6 rings (SSSR count). The van der Waals surface area contributed by atoms with E-state index >= 15 is 0 Å². The summed E-state index contributed by atoms with van der Waals surface area (Å²) in [6, 6.07) is 20.2. The summed E-state index contributed by atoms with van der Waals surface area (Å²) in [5, 5.41) is 20.4. The maximum Gasteiger partial charge on any atom is 0.322 e. The lowest BCUT2D eigenvalue weighted by Gasteiger charge is -2.37. The van der Waals surface area contributed by atoms with Crippen molar-refractivity contribution in [2.24, 2.45) is 7.05 Å². The molecule has 0 aliphatic heterocycles. The summed E-state index contributed by atoms with van der Waals surface area (Å²) in [6.45, 7) is 0.450. The van der Waals surface area contributed by atoms with Crippen molar-refractivity contribution in [3.8, 4) is 28.5 Å². The molecule has 0 atom stereocenters. The maximum absolute atomic E-state index is 13.7. The van der Waals surface area contributed by atoms with Gasteiger partial charge in [0.1, 0.15) is 12.4 Å². The summed E-state index contributed by atoms with van der Waals surface area (Å²) in [6.07, 6.45) is 13.3. The Balaban J connectivity index is 1.17. The van der Waals surface area contributed by atoms with E-state index in [4.69, 9.17) is 0 Å². The van der Waals surface area contributed by atoms with Gasteiger partial charge in [-0.15, -0.1) is 0 Å². The lowest BCUT2D eigenvalue weighted by atomic mass is 9.90. The first-order chi connectivity index (χ1) is 21.6. The number of urea groups is 1. The first-order valence-electron chi connectivity index (χ1n) is 14.6. The molecule has 3 aromatic heterocycles. The van der Waals surface area contributed by atoms with Crippen molar-refractivity contribution >= 4 is 17.7 Å². The number of hydrogen-bond donors (Lipinski definition) is 2. The number of aromatic nitrogens is 6. The Labute approximate surface area is 255 Å². The standard InChI is InChI=1S/C33H32N10O/c1-42-21-27(20-39-42)24-7-11-29(12-8-24)43(33(44)38-16-23-5-3-2-4-6-23)30-13-9-28(10-14-30)40-32-37-19-25(15-34)31(41-32)26-17-35-22-36-18-26/h2-8,11-12,17-22,28,30H,9-10,13-14,16H2,1H3,(H,38,44)(H,37,40,41)/t28-,30-. The van der Waals surface area contributed by atoms with E-state index < -0.39 is 0 Å². The molecule has 1 aliphatic carbocycles. The van der Waals surface area contributed by atoms with Crippen LogP contribution in [0, 0.1) is 11.3 Å².